The molecule has 18 heavy (non-hydrogen) atoms. The Kier molecular flexibility index (Phi) is 3.37. The molecule has 1 aromatic rings. The van der Waals surface area contributed by atoms with E-state index in [-0.39, 0.29) is 21.2 Å². The predicted octanol–water partition coefficient (Wildman–Crippen LogP) is 3.46. The number of thiocarbonyl (C=S) groups is 1. The molecule has 1 unspecified atom stereocenters. The van der Waals surface area contributed by atoms with Crippen LogP contribution >= 0.6 is 24.0 Å². The normalized spacial score (nSPS) is 20.7. The average molecular weight is 291 g/mol. The smallest absolute Gasteiger partial charge is 0.273 e. The molecule has 0 spiro atoms. The molecule has 0 saturated carbocycles. The van der Waals surface area contributed by atoms with E-state index in [1.807, 2.05) is 0 Å². The number of carbonyl (C=O) groups is 1. The van der Waals surface area contributed by atoms with E-state index in [1.165, 1.54) is 23.9 Å². The molecule has 1 atom stereocenters. The van der Waals surface area contributed by atoms with Crippen LogP contribution in [0.2, 0.25) is 0 Å². The first kappa shape index (κ1) is 13.4. The minimum atomic E-state index is -4.43. The molecule has 1 aliphatic rings. The van der Waals surface area contributed by atoms with Gasteiger partial charge in [-0.05, 0) is 25.1 Å². The monoisotopic (exact) mass is 291 g/mol. The second kappa shape index (κ2) is 4.55. The zero-order valence-corrected chi connectivity index (χ0v) is 10.8. The molecule has 0 aromatic heterocycles. The number of hydrogen-bond acceptors (Lipinski definition) is 3. The van der Waals surface area contributed by atoms with E-state index in [4.69, 9.17) is 12.2 Å². The van der Waals surface area contributed by atoms with Crippen molar-refractivity contribution in [1.29, 1.82) is 0 Å². The maximum atomic E-state index is 12.6. The Labute approximate surface area is 111 Å². The van der Waals surface area contributed by atoms with Crippen LogP contribution in [0.4, 0.5) is 18.9 Å². The maximum absolute atomic E-state index is 12.6. The highest BCUT2D eigenvalue weighted by molar-refractivity contribution is 8.25. The molecule has 1 fully saturated rings. The Balaban J connectivity index is 2.41. The highest BCUT2D eigenvalue weighted by Crippen LogP contribution is 2.35. The maximum Gasteiger partial charge on any atom is 0.416 e. The van der Waals surface area contributed by atoms with Crippen molar-refractivity contribution in [3.05, 3.63) is 29.8 Å². The molecular formula is C11H8F3NOS2. The highest BCUT2D eigenvalue weighted by Gasteiger charge is 2.36. The summed E-state index contributed by atoms with van der Waals surface area (Å²) < 4.78 is 38.0. The van der Waals surface area contributed by atoms with Crippen LogP contribution in [-0.4, -0.2) is 15.5 Å². The van der Waals surface area contributed by atoms with Crippen molar-refractivity contribution in [2.45, 2.75) is 18.3 Å². The van der Waals surface area contributed by atoms with Crippen molar-refractivity contribution >= 4 is 39.9 Å². The van der Waals surface area contributed by atoms with Gasteiger partial charge in [0.1, 0.15) is 4.32 Å². The summed E-state index contributed by atoms with van der Waals surface area (Å²) in [5.74, 6) is -0.288. The Bertz CT molecular complexity index is 515. The third kappa shape index (κ3) is 2.37. The van der Waals surface area contributed by atoms with Gasteiger partial charge in [-0.25, -0.2) is 0 Å². The van der Waals surface area contributed by atoms with E-state index in [1.54, 1.807) is 6.92 Å². The molecule has 1 saturated heterocycles. The van der Waals surface area contributed by atoms with Gasteiger partial charge in [-0.15, -0.1) is 0 Å². The molecule has 7 heteroatoms. The van der Waals surface area contributed by atoms with Crippen molar-refractivity contribution in [2.24, 2.45) is 0 Å². The van der Waals surface area contributed by atoms with Gasteiger partial charge in [0.05, 0.1) is 16.5 Å². The molecule has 0 aliphatic carbocycles. The van der Waals surface area contributed by atoms with Gasteiger partial charge in [0.15, 0.2) is 0 Å². The van der Waals surface area contributed by atoms with Crippen molar-refractivity contribution < 1.29 is 18.0 Å². The first-order chi connectivity index (χ1) is 8.30. The topological polar surface area (TPSA) is 20.3 Å². The average Bonchev–Trinajstić information content (AvgIpc) is 2.52. The first-order valence-corrected chi connectivity index (χ1v) is 6.31. The van der Waals surface area contributed by atoms with Crippen molar-refractivity contribution in [1.82, 2.24) is 0 Å². The number of amides is 1. The minimum Gasteiger partial charge on any atom is -0.273 e. The van der Waals surface area contributed by atoms with E-state index < -0.39 is 11.7 Å². The molecule has 96 valence electrons. The number of benzene rings is 1. The van der Waals surface area contributed by atoms with Crippen LogP contribution in [0.25, 0.3) is 0 Å². The molecule has 1 aliphatic heterocycles. The van der Waals surface area contributed by atoms with Crippen LogP contribution in [0.3, 0.4) is 0 Å². The highest BCUT2D eigenvalue weighted by atomic mass is 32.2. The van der Waals surface area contributed by atoms with Crippen molar-refractivity contribution in [3.8, 4) is 0 Å². The zero-order chi connectivity index (χ0) is 13.5. The fourth-order valence-corrected chi connectivity index (χ4v) is 3.02. The zero-order valence-electron chi connectivity index (χ0n) is 9.19. The van der Waals surface area contributed by atoms with Crippen LogP contribution in [0.1, 0.15) is 12.5 Å². The van der Waals surface area contributed by atoms with Gasteiger partial charge in [0.2, 0.25) is 5.91 Å². The van der Waals surface area contributed by atoms with Crippen LogP contribution in [0.15, 0.2) is 24.3 Å². The number of hydrogen-bond donors (Lipinski definition) is 0. The molecule has 0 N–H and O–H groups in total. The van der Waals surface area contributed by atoms with Crippen molar-refractivity contribution in [2.75, 3.05) is 4.90 Å². The molecular weight excluding hydrogens is 283 g/mol. The Morgan fingerprint density at radius 3 is 2.56 bits per heavy atom. The van der Waals surface area contributed by atoms with Gasteiger partial charge < -0.3 is 0 Å². The standard InChI is InChI=1S/C11H8F3NOS2/c1-6-9(16)15(10(17)18-6)8-4-2-3-7(5-8)11(12,13)14/h2-6H,1H3. The summed E-state index contributed by atoms with van der Waals surface area (Å²) >= 11 is 6.17. The summed E-state index contributed by atoms with van der Waals surface area (Å²) in [6, 6.07) is 4.60. The number of halogens is 3. The number of anilines is 1. The van der Waals surface area contributed by atoms with Gasteiger partial charge in [0, 0.05) is 0 Å². The predicted molar refractivity (Wildman–Crippen MR) is 68.6 cm³/mol. The summed E-state index contributed by atoms with van der Waals surface area (Å²) in [4.78, 5) is 13.0. The fraction of sp³-hybridized carbons (Fsp3) is 0.273. The lowest BCUT2D eigenvalue weighted by Gasteiger charge is -2.17. The number of carbonyl (C=O) groups excluding carboxylic acids is 1. The van der Waals surface area contributed by atoms with Gasteiger partial charge in [0.25, 0.3) is 0 Å². The molecule has 1 amide bonds. The number of rotatable bonds is 1. The van der Waals surface area contributed by atoms with E-state index in [2.05, 4.69) is 0 Å². The lowest BCUT2D eigenvalue weighted by Crippen LogP contribution is -2.30. The summed E-state index contributed by atoms with van der Waals surface area (Å²) in [7, 11) is 0. The van der Waals surface area contributed by atoms with Crippen molar-refractivity contribution in [3.63, 3.8) is 0 Å². The SMILES string of the molecule is CC1SC(=S)N(c2cccc(C(F)(F)F)c2)C1=O. The van der Waals surface area contributed by atoms with Gasteiger partial charge in [-0.1, -0.05) is 30.0 Å². The summed E-state index contributed by atoms with van der Waals surface area (Å²) in [5, 5.41) is -0.355. The van der Waals surface area contributed by atoms with E-state index in [0.717, 1.165) is 17.0 Å². The molecule has 2 nitrogen and oxygen atoms in total. The van der Waals surface area contributed by atoms with E-state index in [0.29, 0.717) is 0 Å². The molecule has 1 aromatic carbocycles. The second-order valence-electron chi connectivity index (χ2n) is 3.75. The Morgan fingerprint density at radius 1 is 1.39 bits per heavy atom. The third-order valence-electron chi connectivity index (χ3n) is 2.46. The van der Waals surface area contributed by atoms with E-state index in [9.17, 15) is 18.0 Å². The molecule has 0 bridgehead atoms. The second-order valence-corrected chi connectivity index (χ2v) is 5.72. The van der Waals surface area contributed by atoms with Crippen LogP contribution in [0.5, 0.6) is 0 Å². The van der Waals surface area contributed by atoms with Gasteiger partial charge >= 0.3 is 6.18 Å². The summed E-state index contributed by atoms with van der Waals surface area (Å²) in [6.45, 7) is 1.67. The van der Waals surface area contributed by atoms with Gasteiger partial charge in [-0.3, -0.25) is 9.69 Å². The van der Waals surface area contributed by atoms with Gasteiger partial charge in [-0.2, -0.15) is 13.2 Å². The molecule has 0 radical (unpaired) electrons. The largest absolute Gasteiger partial charge is 0.416 e. The fourth-order valence-electron chi connectivity index (χ4n) is 1.58. The minimum absolute atomic E-state index is 0.164. The Hall–Kier alpha value is -1.08. The summed E-state index contributed by atoms with van der Waals surface area (Å²) in [6.07, 6.45) is -4.43. The lowest BCUT2D eigenvalue weighted by molar-refractivity contribution is -0.137. The number of alkyl halides is 3. The van der Waals surface area contributed by atoms with Crippen LogP contribution in [0, 0.1) is 0 Å². The number of thioether (sulfide) groups is 1. The van der Waals surface area contributed by atoms with Crippen LogP contribution in [-0.2, 0) is 11.0 Å². The summed E-state index contributed by atoms with van der Waals surface area (Å²) in [5.41, 5.74) is -0.628. The number of nitrogens with zero attached hydrogens (tertiary/aromatic N) is 1. The Morgan fingerprint density at radius 2 is 2.06 bits per heavy atom. The first-order valence-electron chi connectivity index (χ1n) is 5.02. The van der Waals surface area contributed by atoms with Crippen LogP contribution < -0.4 is 4.90 Å². The molecule has 1 heterocycles. The van der Waals surface area contributed by atoms with E-state index >= 15 is 0 Å². The quantitative estimate of drug-likeness (QED) is 0.739. The third-order valence-corrected chi connectivity index (χ3v) is 3.87. The molecule has 2 rings (SSSR count). The lowest BCUT2D eigenvalue weighted by atomic mass is 10.2.